The van der Waals surface area contributed by atoms with Gasteiger partial charge in [-0.3, -0.25) is 0 Å². The first-order valence-corrected chi connectivity index (χ1v) is 13.0. The minimum atomic E-state index is -3.37. The Morgan fingerprint density at radius 2 is 1.41 bits per heavy atom. The lowest BCUT2D eigenvalue weighted by atomic mass is 10.0. The minimum Gasteiger partial charge on any atom is -0.462 e. The molecule has 0 spiro atoms. The SMILES string of the molecule is CCOC(=O)c1c(-c2ccc(Cl)cc2)nn(-c2ccc(S(C)(=O)=O)cc2)c1-c1ccc(Cl)cc1. The number of aromatic nitrogens is 2. The lowest BCUT2D eigenvalue weighted by molar-refractivity contribution is 0.0528. The average Bonchev–Trinajstić information content (AvgIpc) is 3.20. The number of carbonyl (C=O) groups is 1. The molecule has 0 atom stereocenters. The van der Waals surface area contributed by atoms with Crippen molar-refractivity contribution in [2.75, 3.05) is 12.9 Å². The molecule has 6 nitrogen and oxygen atoms in total. The molecule has 34 heavy (non-hydrogen) atoms. The van der Waals surface area contributed by atoms with Gasteiger partial charge in [-0.2, -0.15) is 5.10 Å². The van der Waals surface area contributed by atoms with Crippen LogP contribution in [0.4, 0.5) is 0 Å². The van der Waals surface area contributed by atoms with Gasteiger partial charge in [0.05, 0.1) is 22.9 Å². The number of rotatable bonds is 6. The second-order valence-corrected chi connectivity index (χ2v) is 10.4. The zero-order valence-electron chi connectivity index (χ0n) is 18.3. The van der Waals surface area contributed by atoms with Crippen molar-refractivity contribution in [3.8, 4) is 28.2 Å². The number of hydrogen-bond acceptors (Lipinski definition) is 5. The Bertz CT molecular complexity index is 1440. The fourth-order valence-corrected chi connectivity index (χ4v) is 4.40. The van der Waals surface area contributed by atoms with Crippen LogP contribution in [0.25, 0.3) is 28.2 Å². The maximum absolute atomic E-state index is 13.2. The molecule has 0 unspecified atom stereocenters. The lowest BCUT2D eigenvalue weighted by Gasteiger charge is -2.11. The fraction of sp³-hybridized carbons (Fsp3) is 0.120. The third-order valence-electron chi connectivity index (χ3n) is 5.11. The van der Waals surface area contributed by atoms with Crippen molar-refractivity contribution >= 4 is 39.0 Å². The Kier molecular flexibility index (Phi) is 6.79. The van der Waals surface area contributed by atoms with Crippen LogP contribution in [-0.4, -0.2) is 37.0 Å². The molecule has 3 aromatic carbocycles. The molecule has 0 fully saturated rings. The summed E-state index contributed by atoms with van der Waals surface area (Å²) in [4.78, 5) is 13.4. The van der Waals surface area contributed by atoms with Crippen LogP contribution in [0.5, 0.6) is 0 Å². The van der Waals surface area contributed by atoms with Gasteiger partial charge in [-0.15, -0.1) is 0 Å². The zero-order valence-corrected chi connectivity index (χ0v) is 20.7. The second kappa shape index (κ2) is 9.62. The molecule has 0 saturated carbocycles. The Morgan fingerprint density at radius 1 is 0.882 bits per heavy atom. The number of ether oxygens (including phenoxy) is 1. The molecule has 0 aliphatic rings. The van der Waals surface area contributed by atoms with Gasteiger partial charge in [0.15, 0.2) is 9.84 Å². The molecule has 0 radical (unpaired) electrons. The van der Waals surface area contributed by atoms with Crippen molar-refractivity contribution in [2.24, 2.45) is 0 Å². The molecule has 9 heteroatoms. The van der Waals surface area contributed by atoms with Crippen LogP contribution in [0.1, 0.15) is 17.3 Å². The second-order valence-electron chi connectivity index (χ2n) is 7.48. The van der Waals surface area contributed by atoms with E-state index < -0.39 is 15.8 Å². The lowest BCUT2D eigenvalue weighted by Crippen LogP contribution is -2.08. The highest BCUT2D eigenvalue weighted by molar-refractivity contribution is 7.90. The largest absolute Gasteiger partial charge is 0.462 e. The maximum atomic E-state index is 13.2. The van der Waals surface area contributed by atoms with Crippen LogP contribution in [0.2, 0.25) is 10.0 Å². The Balaban J connectivity index is 2.03. The minimum absolute atomic E-state index is 0.181. The predicted octanol–water partition coefficient (Wildman–Crippen LogP) is 6.09. The predicted molar refractivity (Wildman–Crippen MR) is 134 cm³/mol. The standard InChI is InChI=1S/C25H20Cl2N2O4S/c1-3-33-25(30)22-23(16-4-8-18(26)9-5-16)28-29(24(22)17-6-10-19(27)11-7-17)20-12-14-21(15-13-20)34(2,31)32/h4-15H,3H2,1-2H3. The van der Waals surface area contributed by atoms with Crippen LogP contribution >= 0.6 is 23.2 Å². The van der Waals surface area contributed by atoms with Crippen LogP contribution in [0.15, 0.2) is 77.7 Å². The molecule has 0 bridgehead atoms. The zero-order chi connectivity index (χ0) is 24.5. The van der Waals surface area contributed by atoms with Gasteiger partial charge in [-0.05, 0) is 55.5 Å². The van der Waals surface area contributed by atoms with Crippen LogP contribution in [0.3, 0.4) is 0 Å². The molecule has 0 N–H and O–H groups in total. The summed E-state index contributed by atoms with van der Waals surface area (Å²) in [5, 5.41) is 5.86. The number of sulfone groups is 1. The van der Waals surface area contributed by atoms with Crippen LogP contribution in [0, 0.1) is 0 Å². The Morgan fingerprint density at radius 3 is 1.91 bits per heavy atom. The summed E-state index contributed by atoms with van der Waals surface area (Å²) in [6.07, 6.45) is 1.15. The van der Waals surface area contributed by atoms with Crippen LogP contribution < -0.4 is 0 Å². The summed E-state index contributed by atoms with van der Waals surface area (Å²) >= 11 is 12.2. The normalized spacial score (nSPS) is 11.4. The highest BCUT2D eigenvalue weighted by Crippen LogP contribution is 2.36. The third-order valence-corrected chi connectivity index (χ3v) is 6.74. The van der Waals surface area contributed by atoms with Gasteiger partial charge in [0.25, 0.3) is 0 Å². The molecule has 1 heterocycles. The highest BCUT2D eigenvalue weighted by atomic mass is 35.5. The first kappa shape index (κ1) is 24.0. The van der Waals surface area contributed by atoms with Gasteiger partial charge in [0.2, 0.25) is 0 Å². The van der Waals surface area contributed by atoms with Crippen molar-refractivity contribution in [2.45, 2.75) is 11.8 Å². The average molecular weight is 515 g/mol. The smallest absolute Gasteiger partial charge is 0.342 e. The van der Waals surface area contributed by atoms with Gasteiger partial charge in [-0.1, -0.05) is 47.5 Å². The molecule has 4 aromatic rings. The Hall–Kier alpha value is -3.13. The summed E-state index contributed by atoms with van der Waals surface area (Å²) < 4.78 is 30.8. The third kappa shape index (κ3) is 4.87. The molecule has 0 amide bonds. The quantitative estimate of drug-likeness (QED) is 0.290. The number of benzene rings is 3. The summed E-state index contributed by atoms with van der Waals surface area (Å²) in [5.41, 5.74) is 3.11. The molecule has 4 rings (SSSR count). The molecule has 0 aliphatic carbocycles. The van der Waals surface area contributed by atoms with Crippen molar-refractivity contribution in [1.82, 2.24) is 9.78 Å². The first-order valence-electron chi connectivity index (χ1n) is 10.3. The van der Waals surface area contributed by atoms with E-state index in [1.54, 1.807) is 72.3 Å². The number of nitrogens with zero attached hydrogens (tertiary/aromatic N) is 2. The molecule has 0 aliphatic heterocycles. The van der Waals surface area contributed by atoms with E-state index in [9.17, 15) is 13.2 Å². The van der Waals surface area contributed by atoms with Crippen molar-refractivity contribution in [1.29, 1.82) is 0 Å². The van der Waals surface area contributed by atoms with Gasteiger partial charge >= 0.3 is 5.97 Å². The summed E-state index contributed by atoms with van der Waals surface area (Å²) in [5.74, 6) is -0.531. The summed E-state index contributed by atoms with van der Waals surface area (Å²) in [7, 11) is -3.37. The first-order chi connectivity index (χ1) is 16.2. The van der Waals surface area contributed by atoms with Gasteiger partial charge in [0, 0.05) is 27.4 Å². The number of hydrogen-bond donors (Lipinski definition) is 0. The summed E-state index contributed by atoms with van der Waals surface area (Å²) in [6, 6.07) is 20.3. The van der Waals surface area contributed by atoms with E-state index in [0.717, 1.165) is 6.26 Å². The Labute approximate surface area is 207 Å². The maximum Gasteiger partial charge on any atom is 0.342 e. The van der Waals surface area contributed by atoms with Crippen molar-refractivity contribution < 1.29 is 17.9 Å². The monoisotopic (exact) mass is 514 g/mol. The fourth-order valence-electron chi connectivity index (χ4n) is 3.52. The van der Waals surface area contributed by atoms with Gasteiger partial charge in [0.1, 0.15) is 11.3 Å². The molecular formula is C25H20Cl2N2O4S. The number of carbonyl (C=O) groups excluding carboxylic acids is 1. The summed E-state index contributed by atoms with van der Waals surface area (Å²) in [6.45, 7) is 1.92. The molecule has 174 valence electrons. The van der Waals surface area contributed by atoms with Crippen LogP contribution in [-0.2, 0) is 14.6 Å². The topological polar surface area (TPSA) is 78.3 Å². The van der Waals surface area contributed by atoms with E-state index in [0.29, 0.717) is 38.2 Å². The molecule has 1 aromatic heterocycles. The molecule has 0 saturated heterocycles. The van der Waals surface area contributed by atoms with E-state index in [1.165, 1.54) is 12.1 Å². The van der Waals surface area contributed by atoms with Crippen molar-refractivity contribution in [3.05, 3.63) is 88.4 Å². The van der Waals surface area contributed by atoms with E-state index >= 15 is 0 Å². The number of esters is 1. The van der Waals surface area contributed by atoms with E-state index in [1.807, 2.05) is 0 Å². The van der Waals surface area contributed by atoms with E-state index in [4.69, 9.17) is 33.0 Å². The van der Waals surface area contributed by atoms with Gasteiger partial charge < -0.3 is 4.74 Å². The van der Waals surface area contributed by atoms with Gasteiger partial charge in [-0.25, -0.2) is 17.9 Å². The molecular weight excluding hydrogens is 495 g/mol. The number of halogens is 2. The van der Waals surface area contributed by atoms with E-state index in [2.05, 4.69) is 0 Å². The van der Waals surface area contributed by atoms with E-state index in [-0.39, 0.29) is 17.1 Å². The van der Waals surface area contributed by atoms with Crippen molar-refractivity contribution in [3.63, 3.8) is 0 Å². The highest BCUT2D eigenvalue weighted by Gasteiger charge is 2.28.